The molecule has 0 atom stereocenters. The molecule has 0 aliphatic heterocycles. The number of hydrogen-bond donors (Lipinski definition) is 2. The smallest absolute Gasteiger partial charge is 0.158 e. The van der Waals surface area contributed by atoms with Gasteiger partial charge >= 0.3 is 0 Å². The molecule has 0 aliphatic carbocycles. The molecule has 3 N–H and O–H groups in total. The molecule has 14 heavy (non-hydrogen) atoms. The van der Waals surface area contributed by atoms with Crippen LogP contribution in [0.1, 0.15) is 19.5 Å². The lowest BCUT2D eigenvalue weighted by molar-refractivity contribution is 0.0946. The molecule has 0 radical (unpaired) electrons. The zero-order chi connectivity index (χ0) is 10.4. The zero-order valence-electron chi connectivity index (χ0n) is 8.53. The summed E-state index contributed by atoms with van der Waals surface area (Å²) >= 11 is 0. The molecule has 1 heterocycles. The average Bonchev–Trinajstić information content (AvgIpc) is 2.18. The number of hydrogen-bond acceptors (Lipinski definition) is 5. The number of aromatic nitrogens is 2. The Hall–Kier alpha value is -1.20. The number of rotatable bonds is 5. The molecule has 1 aromatic rings. The number of ether oxygens (including phenoxy) is 1. The van der Waals surface area contributed by atoms with Gasteiger partial charge in [-0.05, 0) is 5.92 Å². The highest BCUT2D eigenvalue weighted by molar-refractivity contribution is 5.28. The van der Waals surface area contributed by atoms with Gasteiger partial charge in [0.15, 0.2) is 5.82 Å². The van der Waals surface area contributed by atoms with Gasteiger partial charge in [0.05, 0.1) is 24.7 Å². The minimum Gasteiger partial charge on any atom is -0.375 e. The summed E-state index contributed by atoms with van der Waals surface area (Å²) in [7, 11) is 0. The van der Waals surface area contributed by atoms with E-state index in [9.17, 15) is 0 Å². The van der Waals surface area contributed by atoms with Gasteiger partial charge in [0.25, 0.3) is 0 Å². The molecule has 5 nitrogen and oxygen atoms in total. The van der Waals surface area contributed by atoms with Crippen molar-refractivity contribution in [3.8, 4) is 0 Å². The van der Waals surface area contributed by atoms with Crippen molar-refractivity contribution >= 4 is 5.82 Å². The molecule has 1 aromatic heterocycles. The maximum Gasteiger partial charge on any atom is 0.158 e. The topological polar surface area (TPSA) is 73.1 Å². The fourth-order valence-electron chi connectivity index (χ4n) is 0.903. The predicted octanol–water partition coefficient (Wildman–Crippen LogP) is 0.935. The summed E-state index contributed by atoms with van der Waals surface area (Å²) in [5.41, 5.74) is 3.22. The second kappa shape index (κ2) is 5.51. The van der Waals surface area contributed by atoms with E-state index < -0.39 is 0 Å². The highest BCUT2D eigenvalue weighted by atomic mass is 16.5. The summed E-state index contributed by atoms with van der Waals surface area (Å²) in [4.78, 5) is 8.13. The number of nitrogens with one attached hydrogen (secondary N) is 1. The van der Waals surface area contributed by atoms with Gasteiger partial charge in [-0.25, -0.2) is 10.8 Å². The Bertz CT molecular complexity index is 260. The Morgan fingerprint density at radius 2 is 2.21 bits per heavy atom. The number of nitrogens with zero attached hydrogens (tertiary/aromatic N) is 2. The van der Waals surface area contributed by atoms with Crippen molar-refractivity contribution in [1.29, 1.82) is 0 Å². The van der Waals surface area contributed by atoms with Crippen molar-refractivity contribution in [3.05, 3.63) is 18.1 Å². The van der Waals surface area contributed by atoms with Crippen molar-refractivity contribution < 1.29 is 4.74 Å². The molecule has 0 bridgehead atoms. The first-order valence-corrected chi connectivity index (χ1v) is 4.57. The number of nitrogen functional groups attached to an aromatic ring is 1. The van der Waals surface area contributed by atoms with Gasteiger partial charge < -0.3 is 10.2 Å². The molecule has 0 aromatic carbocycles. The highest BCUT2D eigenvalue weighted by Crippen LogP contribution is 2.01. The molecular formula is C9H16N4O. The molecule has 5 heteroatoms. The molecule has 0 aliphatic rings. The van der Waals surface area contributed by atoms with Crippen LogP contribution in [-0.4, -0.2) is 16.6 Å². The summed E-state index contributed by atoms with van der Waals surface area (Å²) in [5, 5.41) is 0. The lowest BCUT2D eigenvalue weighted by atomic mass is 10.2. The molecule has 0 amide bonds. The normalized spacial score (nSPS) is 10.6. The SMILES string of the molecule is CC(C)COCc1cnc(NN)cn1. The molecule has 78 valence electrons. The summed E-state index contributed by atoms with van der Waals surface area (Å²) < 4.78 is 5.40. The van der Waals surface area contributed by atoms with Gasteiger partial charge in [-0.1, -0.05) is 13.8 Å². The van der Waals surface area contributed by atoms with E-state index in [2.05, 4.69) is 29.2 Å². The van der Waals surface area contributed by atoms with Gasteiger partial charge in [0.2, 0.25) is 0 Å². The van der Waals surface area contributed by atoms with E-state index in [0.717, 1.165) is 12.3 Å². The van der Waals surface area contributed by atoms with Crippen molar-refractivity contribution in [1.82, 2.24) is 9.97 Å². The second-order valence-electron chi connectivity index (χ2n) is 3.45. The third-order valence-electron chi connectivity index (χ3n) is 1.55. The summed E-state index contributed by atoms with van der Waals surface area (Å²) in [6.45, 7) is 5.44. The Morgan fingerprint density at radius 1 is 1.43 bits per heavy atom. The van der Waals surface area contributed by atoms with Gasteiger partial charge in [-0.3, -0.25) is 4.98 Å². The quantitative estimate of drug-likeness (QED) is 0.541. The fourth-order valence-corrected chi connectivity index (χ4v) is 0.903. The predicted molar refractivity (Wildman–Crippen MR) is 54.3 cm³/mol. The number of anilines is 1. The number of nitrogens with two attached hydrogens (primary N) is 1. The lowest BCUT2D eigenvalue weighted by Crippen LogP contribution is -2.09. The van der Waals surface area contributed by atoms with Crippen LogP contribution < -0.4 is 11.3 Å². The second-order valence-corrected chi connectivity index (χ2v) is 3.45. The summed E-state index contributed by atoms with van der Waals surface area (Å²) in [6.07, 6.45) is 3.23. The minimum absolute atomic E-state index is 0.496. The van der Waals surface area contributed by atoms with Gasteiger partial charge in [-0.15, -0.1) is 0 Å². The van der Waals surface area contributed by atoms with Crippen LogP contribution in [0, 0.1) is 5.92 Å². The van der Waals surface area contributed by atoms with Crippen LogP contribution in [0.5, 0.6) is 0 Å². The van der Waals surface area contributed by atoms with E-state index >= 15 is 0 Å². The van der Waals surface area contributed by atoms with Crippen molar-refractivity contribution in [2.45, 2.75) is 20.5 Å². The molecule has 0 fully saturated rings. The van der Waals surface area contributed by atoms with Crippen LogP contribution in [0.2, 0.25) is 0 Å². The van der Waals surface area contributed by atoms with E-state index in [-0.39, 0.29) is 0 Å². The Balaban J connectivity index is 2.36. The zero-order valence-corrected chi connectivity index (χ0v) is 8.53. The first-order valence-electron chi connectivity index (χ1n) is 4.57. The van der Waals surface area contributed by atoms with E-state index in [1.807, 2.05) is 0 Å². The maximum atomic E-state index is 5.40. The summed E-state index contributed by atoms with van der Waals surface area (Å²) in [5.74, 6) is 6.24. The highest BCUT2D eigenvalue weighted by Gasteiger charge is 1.98. The van der Waals surface area contributed by atoms with E-state index in [4.69, 9.17) is 10.6 Å². The first kappa shape index (κ1) is 10.9. The molecule has 0 saturated heterocycles. The fraction of sp³-hybridized carbons (Fsp3) is 0.556. The molecule has 1 rings (SSSR count). The van der Waals surface area contributed by atoms with Crippen LogP contribution in [0.15, 0.2) is 12.4 Å². The van der Waals surface area contributed by atoms with Crippen LogP contribution in [-0.2, 0) is 11.3 Å². The van der Waals surface area contributed by atoms with E-state index in [1.165, 1.54) is 0 Å². The van der Waals surface area contributed by atoms with E-state index in [1.54, 1.807) is 12.4 Å². The third-order valence-corrected chi connectivity index (χ3v) is 1.55. The molecule has 0 unspecified atom stereocenters. The van der Waals surface area contributed by atoms with Crippen molar-refractivity contribution in [3.63, 3.8) is 0 Å². The Labute approximate surface area is 83.7 Å². The van der Waals surface area contributed by atoms with Gasteiger partial charge in [0, 0.05) is 6.61 Å². The van der Waals surface area contributed by atoms with Crippen LogP contribution in [0.25, 0.3) is 0 Å². The molecule has 0 spiro atoms. The lowest BCUT2D eigenvalue weighted by Gasteiger charge is -2.06. The summed E-state index contributed by atoms with van der Waals surface area (Å²) in [6, 6.07) is 0. The van der Waals surface area contributed by atoms with Crippen LogP contribution in [0.4, 0.5) is 5.82 Å². The van der Waals surface area contributed by atoms with Gasteiger partial charge in [-0.2, -0.15) is 0 Å². The van der Waals surface area contributed by atoms with Crippen LogP contribution in [0.3, 0.4) is 0 Å². The largest absolute Gasteiger partial charge is 0.375 e. The average molecular weight is 196 g/mol. The van der Waals surface area contributed by atoms with Crippen molar-refractivity contribution in [2.24, 2.45) is 11.8 Å². The minimum atomic E-state index is 0.496. The maximum absolute atomic E-state index is 5.40. The first-order chi connectivity index (χ1) is 6.72. The third kappa shape index (κ3) is 3.68. The van der Waals surface area contributed by atoms with Crippen molar-refractivity contribution in [2.75, 3.05) is 12.0 Å². The number of hydrazine groups is 1. The van der Waals surface area contributed by atoms with Crippen LogP contribution >= 0.6 is 0 Å². The standard InChI is InChI=1S/C9H16N4O/c1-7(2)5-14-6-8-3-12-9(13-10)4-11-8/h3-4,7H,5-6,10H2,1-2H3,(H,12,13). The van der Waals surface area contributed by atoms with E-state index in [0.29, 0.717) is 18.3 Å². The monoisotopic (exact) mass is 196 g/mol. The Kier molecular flexibility index (Phi) is 4.28. The molecule has 0 saturated carbocycles. The Morgan fingerprint density at radius 3 is 2.71 bits per heavy atom. The molecular weight excluding hydrogens is 180 g/mol. The van der Waals surface area contributed by atoms with Gasteiger partial charge in [0.1, 0.15) is 0 Å².